The summed E-state index contributed by atoms with van der Waals surface area (Å²) >= 11 is 0. The van der Waals surface area contributed by atoms with Gasteiger partial charge in [0.1, 0.15) is 11.6 Å². The fourth-order valence-electron chi connectivity index (χ4n) is 1.76. The average molecular weight is 255 g/mol. The number of ether oxygens (including phenoxy) is 2. The van der Waals surface area contributed by atoms with E-state index in [1.165, 1.54) is 4.90 Å². The zero-order valence-corrected chi connectivity index (χ0v) is 11.5. The van der Waals surface area contributed by atoms with Crippen LogP contribution in [0.15, 0.2) is 12.2 Å². The van der Waals surface area contributed by atoms with Gasteiger partial charge in [-0.05, 0) is 27.7 Å². The van der Waals surface area contributed by atoms with Crippen molar-refractivity contribution in [2.24, 2.45) is 0 Å². The van der Waals surface area contributed by atoms with Gasteiger partial charge in [0.05, 0.1) is 6.61 Å². The summed E-state index contributed by atoms with van der Waals surface area (Å²) < 4.78 is 10.2. The summed E-state index contributed by atoms with van der Waals surface area (Å²) in [5, 5.41) is 0. The number of rotatable bonds is 2. The predicted octanol–water partition coefficient (Wildman–Crippen LogP) is 2.12. The summed E-state index contributed by atoms with van der Waals surface area (Å²) in [4.78, 5) is 25.1. The van der Waals surface area contributed by atoms with Gasteiger partial charge >= 0.3 is 12.1 Å². The molecule has 1 aliphatic heterocycles. The van der Waals surface area contributed by atoms with Crippen LogP contribution >= 0.6 is 0 Å². The fraction of sp³-hybridized carbons (Fsp3) is 0.692. The van der Waals surface area contributed by atoms with E-state index in [4.69, 9.17) is 9.47 Å². The third kappa shape index (κ3) is 3.75. The van der Waals surface area contributed by atoms with Crippen molar-refractivity contribution in [3.8, 4) is 0 Å². The maximum Gasteiger partial charge on any atom is 0.411 e. The molecular formula is C13H21NO4. The molecule has 1 fully saturated rings. The van der Waals surface area contributed by atoms with Crippen LogP contribution in [0, 0.1) is 0 Å². The highest BCUT2D eigenvalue weighted by Gasteiger charge is 2.39. The number of carbonyl (C=O) groups is 2. The summed E-state index contributed by atoms with van der Waals surface area (Å²) in [5.41, 5.74) is 0.249. The van der Waals surface area contributed by atoms with Crippen LogP contribution in [0.5, 0.6) is 0 Å². The predicted molar refractivity (Wildman–Crippen MR) is 67.1 cm³/mol. The molecule has 18 heavy (non-hydrogen) atoms. The number of nitrogens with zero attached hydrogens (tertiary/aromatic N) is 1. The fourth-order valence-corrected chi connectivity index (χ4v) is 1.76. The molecule has 0 saturated carbocycles. The van der Waals surface area contributed by atoms with Crippen LogP contribution in [0.1, 0.15) is 34.1 Å². The first kappa shape index (κ1) is 14.5. The first-order chi connectivity index (χ1) is 8.24. The van der Waals surface area contributed by atoms with E-state index >= 15 is 0 Å². The smallest absolute Gasteiger partial charge is 0.411 e. The van der Waals surface area contributed by atoms with Gasteiger partial charge in [0.2, 0.25) is 0 Å². The summed E-state index contributed by atoms with van der Waals surface area (Å²) in [6.07, 6.45) is -0.0582. The highest BCUT2D eigenvalue weighted by atomic mass is 16.6. The Labute approximate surface area is 108 Å². The minimum Gasteiger partial charge on any atom is -0.464 e. The molecule has 0 aromatic rings. The molecular weight excluding hydrogens is 234 g/mol. The lowest BCUT2D eigenvalue weighted by molar-refractivity contribution is -0.148. The Kier molecular flexibility index (Phi) is 4.38. The number of carbonyl (C=O) groups excluding carboxylic acids is 2. The van der Waals surface area contributed by atoms with Crippen molar-refractivity contribution in [2.75, 3.05) is 13.2 Å². The van der Waals surface area contributed by atoms with E-state index in [1.807, 2.05) is 0 Å². The largest absolute Gasteiger partial charge is 0.464 e. The van der Waals surface area contributed by atoms with Gasteiger partial charge < -0.3 is 9.47 Å². The maximum atomic E-state index is 12.0. The number of hydrogen-bond donors (Lipinski definition) is 0. The van der Waals surface area contributed by atoms with Gasteiger partial charge in [0, 0.05) is 13.0 Å². The number of hydrogen-bond acceptors (Lipinski definition) is 4. The Morgan fingerprint density at radius 2 is 2.06 bits per heavy atom. The third-order valence-corrected chi connectivity index (χ3v) is 2.44. The monoisotopic (exact) mass is 255 g/mol. The highest BCUT2D eigenvalue weighted by molar-refractivity contribution is 5.83. The minimum absolute atomic E-state index is 0.296. The molecule has 5 nitrogen and oxygen atoms in total. The van der Waals surface area contributed by atoms with Crippen LogP contribution in [0.3, 0.4) is 0 Å². The van der Waals surface area contributed by atoms with Crippen molar-refractivity contribution in [3.63, 3.8) is 0 Å². The van der Waals surface area contributed by atoms with Gasteiger partial charge in [-0.1, -0.05) is 12.2 Å². The Morgan fingerprint density at radius 1 is 1.44 bits per heavy atom. The Balaban J connectivity index is 2.75. The Bertz CT molecular complexity index is 356. The standard InChI is InChI=1S/C13H21NO4/c1-6-17-11(15)10-7-9(2)8-14(10)12(16)18-13(3,4)5/h10H,2,6-8H2,1,3-5H3/t10-/m0/s1. The van der Waals surface area contributed by atoms with Gasteiger partial charge in [0.25, 0.3) is 0 Å². The van der Waals surface area contributed by atoms with Gasteiger partial charge in [-0.15, -0.1) is 0 Å². The third-order valence-electron chi connectivity index (χ3n) is 2.44. The second-order valence-electron chi connectivity index (χ2n) is 5.33. The summed E-state index contributed by atoms with van der Waals surface area (Å²) in [7, 11) is 0. The van der Waals surface area contributed by atoms with E-state index in [1.54, 1.807) is 27.7 Å². The van der Waals surface area contributed by atoms with Crippen LogP contribution in [-0.4, -0.2) is 41.8 Å². The van der Waals surface area contributed by atoms with Gasteiger partial charge in [-0.25, -0.2) is 9.59 Å². The van der Waals surface area contributed by atoms with Crippen molar-refractivity contribution in [3.05, 3.63) is 12.2 Å². The molecule has 0 aromatic heterocycles. The Morgan fingerprint density at radius 3 is 2.56 bits per heavy atom. The van der Waals surface area contributed by atoms with Gasteiger partial charge in [0.15, 0.2) is 0 Å². The first-order valence-electron chi connectivity index (χ1n) is 6.07. The average Bonchev–Trinajstić information content (AvgIpc) is 2.58. The van der Waals surface area contributed by atoms with Crippen LogP contribution in [0.4, 0.5) is 4.79 Å². The molecule has 0 spiro atoms. The van der Waals surface area contributed by atoms with E-state index < -0.39 is 23.7 Å². The van der Waals surface area contributed by atoms with E-state index in [2.05, 4.69) is 6.58 Å². The van der Waals surface area contributed by atoms with Crippen LogP contribution in [-0.2, 0) is 14.3 Å². The van der Waals surface area contributed by atoms with Crippen molar-refractivity contribution >= 4 is 12.1 Å². The van der Waals surface area contributed by atoms with Crippen LogP contribution in [0.2, 0.25) is 0 Å². The van der Waals surface area contributed by atoms with Crippen LogP contribution < -0.4 is 0 Å². The van der Waals surface area contributed by atoms with Gasteiger partial charge in [-0.2, -0.15) is 0 Å². The zero-order chi connectivity index (χ0) is 13.9. The van der Waals surface area contributed by atoms with Crippen molar-refractivity contribution in [1.29, 1.82) is 0 Å². The summed E-state index contributed by atoms with van der Waals surface area (Å²) in [5.74, 6) is -0.401. The highest BCUT2D eigenvalue weighted by Crippen LogP contribution is 2.24. The SMILES string of the molecule is C=C1C[C@@H](C(=O)OCC)N(C(=O)OC(C)(C)C)C1. The lowest BCUT2D eigenvalue weighted by Crippen LogP contribution is -2.44. The molecule has 1 amide bonds. The molecule has 1 atom stereocenters. The van der Waals surface area contributed by atoms with Crippen LogP contribution in [0.25, 0.3) is 0 Å². The van der Waals surface area contributed by atoms with Gasteiger partial charge in [-0.3, -0.25) is 4.90 Å². The van der Waals surface area contributed by atoms with Crippen molar-refractivity contribution in [1.82, 2.24) is 4.90 Å². The molecule has 0 radical (unpaired) electrons. The molecule has 1 saturated heterocycles. The first-order valence-corrected chi connectivity index (χ1v) is 6.07. The molecule has 0 aliphatic carbocycles. The number of likely N-dealkylation sites (tertiary alicyclic amines) is 1. The van der Waals surface area contributed by atoms with Crippen molar-refractivity contribution < 1.29 is 19.1 Å². The molecule has 5 heteroatoms. The topological polar surface area (TPSA) is 55.8 Å². The lowest BCUT2D eigenvalue weighted by Gasteiger charge is -2.27. The summed E-state index contributed by atoms with van der Waals surface area (Å²) in [6, 6.07) is -0.604. The normalized spacial score (nSPS) is 19.9. The van der Waals surface area contributed by atoms with E-state index in [0.29, 0.717) is 19.6 Å². The second kappa shape index (κ2) is 5.42. The molecule has 0 bridgehead atoms. The number of esters is 1. The molecule has 102 valence electrons. The quantitative estimate of drug-likeness (QED) is 0.560. The minimum atomic E-state index is -0.604. The molecule has 1 rings (SSSR count). The maximum absolute atomic E-state index is 12.0. The summed E-state index contributed by atoms with van der Waals surface area (Å²) in [6.45, 7) is 11.6. The molecule has 0 aromatic carbocycles. The van der Waals surface area contributed by atoms with E-state index in [-0.39, 0.29) is 0 Å². The molecule has 0 unspecified atom stereocenters. The Hall–Kier alpha value is -1.52. The number of amides is 1. The molecule has 1 aliphatic rings. The van der Waals surface area contributed by atoms with E-state index in [0.717, 1.165) is 5.57 Å². The molecule has 0 N–H and O–H groups in total. The molecule has 1 heterocycles. The second-order valence-corrected chi connectivity index (χ2v) is 5.33. The van der Waals surface area contributed by atoms with E-state index in [9.17, 15) is 9.59 Å². The lowest BCUT2D eigenvalue weighted by atomic mass is 10.2. The zero-order valence-electron chi connectivity index (χ0n) is 11.5. The van der Waals surface area contributed by atoms with Crippen molar-refractivity contribution in [2.45, 2.75) is 45.8 Å².